The van der Waals surface area contributed by atoms with Gasteiger partial charge in [-0.15, -0.1) is 0 Å². The van der Waals surface area contributed by atoms with E-state index in [0.29, 0.717) is 5.41 Å². The average molecular weight is 285 g/mol. The van der Waals surface area contributed by atoms with E-state index in [0.717, 1.165) is 24.4 Å². The smallest absolute Gasteiger partial charge is 0.221 e. The van der Waals surface area contributed by atoms with Gasteiger partial charge in [0.25, 0.3) is 0 Å². The van der Waals surface area contributed by atoms with Crippen LogP contribution in [0.15, 0.2) is 24.3 Å². The van der Waals surface area contributed by atoms with Gasteiger partial charge in [-0.2, -0.15) is 0 Å². The van der Waals surface area contributed by atoms with Crippen LogP contribution in [0.3, 0.4) is 0 Å². The molecule has 0 spiro atoms. The molecule has 1 aromatic rings. The lowest BCUT2D eigenvalue weighted by Gasteiger charge is -2.33. The lowest BCUT2D eigenvalue weighted by atomic mass is 9.72. The lowest BCUT2D eigenvalue weighted by Crippen LogP contribution is -2.22. The molecular formula is C19H27NO. The Hall–Kier alpha value is -1.57. The zero-order valence-corrected chi connectivity index (χ0v) is 13.9. The summed E-state index contributed by atoms with van der Waals surface area (Å²) in [6.07, 6.45) is 5.94. The van der Waals surface area contributed by atoms with Gasteiger partial charge in [0.2, 0.25) is 5.91 Å². The van der Waals surface area contributed by atoms with Crippen molar-refractivity contribution >= 4 is 17.2 Å². The SMILES string of the molecule is CC(=O)Nc1ccc(C)c(C2=CCC(C(C)(C)C)CC2)c1. The monoisotopic (exact) mass is 285 g/mol. The summed E-state index contributed by atoms with van der Waals surface area (Å²) in [6, 6.07) is 6.18. The predicted molar refractivity (Wildman–Crippen MR) is 90.3 cm³/mol. The van der Waals surface area contributed by atoms with Gasteiger partial charge in [-0.25, -0.2) is 0 Å². The molecule has 1 amide bonds. The second-order valence-corrected chi connectivity index (χ2v) is 7.28. The quantitative estimate of drug-likeness (QED) is 0.796. The van der Waals surface area contributed by atoms with Gasteiger partial charge in [0.1, 0.15) is 0 Å². The molecule has 2 rings (SSSR count). The van der Waals surface area contributed by atoms with Crippen molar-refractivity contribution in [2.45, 2.75) is 53.9 Å². The van der Waals surface area contributed by atoms with E-state index in [-0.39, 0.29) is 5.91 Å². The van der Waals surface area contributed by atoms with Crippen LogP contribution >= 0.6 is 0 Å². The second kappa shape index (κ2) is 6.05. The Morgan fingerprint density at radius 2 is 2.00 bits per heavy atom. The molecule has 2 nitrogen and oxygen atoms in total. The number of hydrogen-bond acceptors (Lipinski definition) is 1. The van der Waals surface area contributed by atoms with Crippen LogP contribution in [0.25, 0.3) is 5.57 Å². The molecule has 0 fully saturated rings. The molecule has 0 aliphatic heterocycles. The van der Waals surface area contributed by atoms with Crippen LogP contribution in [-0.2, 0) is 4.79 Å². The van der Waals surface area contributed by atoms with Gasteiger partial charge in [0.05, 0.1) is 0 Å². The Labute approximate surface area is 128 Å². The first-order valence-corrected chi connectivity index (χ1v) is 7.85. The molecule has 0 saturated carbocycles. The topological polar surface area (TPSA) is 29.1 Å². The summed E-state index contributed by atoms with van der Waals surface area (Å²) < 4.78 is 0. The number of aryl methyl sites for hydroxylation is 1. The second-order valence-electron chi connectivity index (χ2n) is 7.28. The molecule has 0 heterocycles. The van der Waals surface area contributed by atoms with E-state index in [9.17, 15) is 4.79 Å². The van der Waals surface area contributed by atoms with Crippen LogP contribution in [0.5, 0.6) is 0 Å². The number of benzene rings is 1. The maximum absolute atomic E-state index is 11.2. The summed E-state index contributed by atoms with van der Waals surface area (Å²) in [5.74, 6) is 0.746. The number of hydrogen-bond donors (Lipinski definition) is 1. The van der Waals surface area contributed by atoms with Gasteiger partial charge in [0, 0.05) is 12.6 Å². The standard InChI is InChI=1S/C19H27NO/c1-13-6-11-17(20-14(2)21)12-18(13)15-7-9-16(10-8-15)19(3,4)5/h6-7,11-12,16H,8-10H2,1-5H3,(H,20,21). The number of amides is 1. The highest BCUT2D eigenvalue weighted by Gasteiger charge is 2.26. The van der Waals surface area contributed by atoms with Gasteiger partial charge < -0.3 is 5.32 Å². The summed E-state index contributed by atoms with van der Waals surface area (Å²) in [7, 11) is 0. The van der Waals surface area contributed by atoms with Crippen molar-refractivity contribution in [1.29, 1.82) is 0 Å². The fraction of sp³-hybridized carbons (Fsp3) is 0.526. The van der Waals surface area contributed by atoms with E-state index in [1.807, 2.05) is 6.07 Å². The molecule has 1 atom stereocenters. The van der Waals surface area contributed by atoms with E-state index >= 15 is 0 Å². The first-order valence-electron chi connectivity index (χ1n) is 7.85. The van der Waals surface area contributed by atoms with Crippen LogP contribution in [0.1, 0.15) is 58.1 Å². The van der Waals surface area contributed by atoms with E-state index in [1.165, 1.54) is 23.1 Å². The van der Waals surface area contributed by atoms with Gasteiger partial charge >= 0.3 is 0 Å². The third-order valence-electron chi connectivity index (χ3n) is 4.54. The first kappa shape index (κ1) is 15.8. The highest BCUT2D eigenvalue weighted by atomic mass is 16.1. The number of nitrogens with one attached hydrogen (secondary N) is 1. The molecule has 1 aromatic carbocycles. The van der Waals surface area contributed by atoms with Gasteiger partial charge in [-0.05, 0) is 66.4 Å². The molecule has 0 saturated heterocycles. The minimum atomic E-state index is -0.0183. The first-order chi connectivity index (χ1) is 9.77. The van der Waals surface area contributed by atoms with E-state index in [1.54, 1.807) is 6.92 Å². The van der Waals surface area contributed by atoms with Gasteiger partial charge in [0.15, 0.2) is 0 Å². The van der Waals surface area contributed by atoms with Crippen LogP contribution in [0.2, 0.25) is 0 Å². The molecule has 114 valence electrons. The Kier molecular flexibility index (Phi) is 4.55. The Balaban J connectivity index is 2.22. The van der Waals surface area contributed by atoms with Crippen molar-refractivity contribution in [1.82, 2.24) is 0 Å². The average Bonchev–Trinajstić information content (AvgIpc) is 2.39. The molecule has 21 heavy (non-hydrogen) atoms. The molecule has 0 aromatic heterocycles. The van der Waals surface area contributed by atoms with Crippen molar-refractivity contribution in [2.24, 2.45) is 11.3 Å². The summed E-state index contributed by atoms with van der Waals surface area (Å²) in [4.78, 5) is 11.2. The van der Waals surface area contributed by atoms with Crippen LogP contribution in [-0.4, -0.2) is 5.91 Å². The zero-order valence-electron chi connectivity index (χ0n) is 13.9. The largest absolute Gasteiger partial charge is 0.326 e. The fourth-order valence-electron chi connectivity index (χ4n) is 3.11. The van der Waals surface area contributed by atoms with Gasteiger partial charge in [-0.1, -0.05) is 32.9 Å². The lowest BCUT2D eigenvalue weighted by molar-refractivity contribution is -0.114. The molecule has 1 N–H and O–H groups in total. The Morgan fingerprint density at radius 3 is 2.52 bits per heavy atom. The number of allylic oxidation sites excluding steroid dienone is 2. The molecule has 1 aliphatic carbocycles. The van der Waals surface area contributed by atoms with Crippen molar-refractivity contribution in [3.8, 4) is 0 Å². The van der Waals surface area contributed by atoms with Crippen molar-refractivity contribution in [3.63, 3.8) is 0 Å². The molecule has 0 radical (unpaired) electrons. The van der Waals surface area contributed by atoms with E-state index in [2.05, 4.69) is 51.2 Å². The number of anilines is 1. The van der Waals surface area contributed by atoms with Crippen LogP contribution in [0, 0.1) is 18.3 Å². The van der Waals surface area contributed by atoms with Crippen molar-refractivity contribution < 1.29 is 4.79 Å². The number of carbonyl (C=O) groups is 1. The predicted octanol–water partition coefficient (Wildman–Crippen LogP) is 5.18. The number of rotatable bonds is 2. The maximum Gasteiger partial charge on any atom is 0.221 e. The molecule has 2 heteroatoms. The normalized spacial score (nSPS) is 19.1. The van der Waals surface area contributed by atoms with Crippen LogP contribution < -0.4 is 5.32 Å². The molecule has 1 unspecified atom stereocenters. The maximum atomic E-state index is 11.2. The molecule has 0 bridgehead atoms. The van der Waals surface area contributed by atoms with E-state index in [4.69, 9.17) is 0 Å². The highest BCUT2D eigenvalue weighted by molar-refractivity contribution is 5.89. The Morgan fingerprint density at radius 1 is 1.29 bits per heavy atom. The van der Waals surface area contributed by atoms with Crippen molar-refractivity contribution in [3.05, 3.63) is 35.4 Å². The number of carbonyl (C=O) groups excluding carboxylic acids is 1. The van der Waals surface area contributed by atoms with E-state index < -0.39 is 0 Å². The molecule has 1 aliphatic rings. The summed E-state index contributed by atoms with van der Waals surface area (Å²) in [5.41, 5.74) is 5.27. The minimum absolute atomic E-state index is 0.0183. The summed E-state index contributed by atoms with van der Waals surface area (Å²) in [6.45, 7) is 10.7. The van der Waals surface area contributed by atoms with Crippen LogP contribution in [0.4, 0.5) is 5.69 Å². The summed E-state index contributed by atoms with van der Waals surface area (Å²) in [5, 5.41) is 2.88. The third-order valence-corrected chi connectivity index (χ3v) is 4.54. The zero-order chi connectivity index (χ0) is 15.6. The highest BCUT2D eigenvalue weighted by Crippen LogP contribution is 2.40. The Bertz CT molecular complexity index is 563. The molecular weight excluding hydrogens is 258 g/mol. The van der Waals surface area contributed by atoms with Crippen molar-refractivity contribution in [2.75, 3.05) is 5.32 Å². The minimum Gasteiger partial charge on any atom is -0.326 e. The fourth-order valence-corrected chi connectivity index (χ4v) is 3.11. The van der Waals surface area contributed by atoms with Gasteiger partial charge in [-0.3, -0.25) is 4.79 Å². The third kappa shape index (κ3) is 3.96. The summed E-state index contributed by atoms with van der Waals surface area (Å²) >= 11 is 0.